The number of carbonyl (C=O) groups is 2. The summed E-state index contributed by atoms with van der Waals surface area (Å²) in [6, 6.07) is 6.81. The van der Waals surface area contributed by atoms with E-state index in [1.807, 2.05) is 24.3 Å². The normalized spacial score (nSPS) is 27.1. The van der Waals surface area contributed by atoms with Gasteiger partial charge in [0.15, 0.2) is 0 Å². The van der Waals surface area contributed by atoms with Crippen LogP contribution in [-0.2, 0) is 20.7 Å². The number of methoxy groups -OCH3 is 1. The Morgan fingerprint density at radius 1 is 1.36 bits per heavy atom. The number of carboxylic acid groups (broad SMARTS) is 1. The number of aliphatic carboxylic acids is 1. The number of amides is 1. The Morgan fingerprint density at radius 2 is 2.14 bits per heavy atom. The molecule has 0 spiro atoms. The molecule has 2 aliphatic rings. The van der Waals surface area contributed by atoms with Crippen molar-refractivity contribution in [3.63, 3.8) is 0 Å². The third-order valence-electron chi connectivity index (χ3n) is 4.39. The highest BCUT2D eigenvalue weighted by Crippen LogP contribution is 2.30. The third kappa shape index (κ3) is 2.66. The zero-order valence-electron chi connectivity index (χ0n) is 12.4. The van der Waals surface area contributed by atoms with Gasteiger partial charge in [0, 0.05) is 20.1 Å². The molecule has 0 radical (unpaired) electrons. The summed E-state index contributed by atoms with van der Waals surface area (Å²) < 4.78 is 10.9. The zero-order chi connectivity index (χ0) is 15.7. The van der Waals surface area contributed by atoms with Crippen LogP contribution in [-0.4, -0.2) is 54.3 Å². The van der Waals surface area contributed by atoms with Crippen LogP contribution in [0.5, 0.6) is 5.75 Å². The van der Waals surface area contributed by atoms with Crippen LogP contribution in [0.25, 0.3) is 0 Å². The molecule has 1 aromatic rings. The maximum atomic E-state index is 12.7. The van der Waals surface area contributed by atoms with Gasteiger partial charge in [0.25, 0.3) is 0 Å². The lowest BCUT2D eigenvalue weighted by molar-refractivity contribution is -0.150. The van der Waals surface area contributed by atoms with Gasteiger partial charge in [0.2, 0.25) is 5.91 Å². The van der Waals surface area contributed by atoms with E-state index < -0.39 is 12.0 Å². The fourth-order valence-corrected chi connectivity index (χ4v) is 3.17. The fraction of sp³-hybridized carbons (Fsp3) is 0.500. The van der Waals surface area contributed by atoms with Gasteiger partial charge in [-0.3, -0.25) is 4.79 Å². The third-order valence-corrected chi connectivity index (χ3v) is 4.39. The number of carbonyl (C=O) groups excluding carboxylic acids is 1. The number of fused-ring (bicyclic) bond motifs is 1. The second kappa shape index (κ2) is 5.96. The first-order chi connectivity index (χ1) is 10.6. The molecule has 1 amide bonds. The molecule has 6 nitrogen and oxygen atoms in total. The molecule has 3 rings (SSSR count). The highest BCUT2D eigenvalue weighted by Gasteiger charge is 2.42. The molecule has 2 heterocycles. The van der Waals surface area contributed by atoms with Crippen molar-refractivity contribution in [3.05, 3.63) is 29.8 Å². The number of likely N-dealkylation sites (tertiary alicyclic amines) is 1. The van der Waals surface area contributed by atoms with Gasteiger partial charge in [-0.25, -0.2) is 4.79 Å². The number of ether oxygens (including phenoxy) is 2. The Hall–Kier alpha value is -2.08. The summed E-state index contributed by atoms with van der Waals surface area (Å²) in [6.07, 6.45) is 0.693. The monoisotopic (exact) mass is 305 g/mol. The molecule has 0 aliphatic carbocycles. The number of benzene rings is 1. The van der Waals surface area contributed by atoms with E-state index in [1.54, 1.807) is 0 Å². The van der Waals surface area contributed by atoms with Gasteiger partial charge < -0.3 is 19.5 Å². The molecule has 1 saturated heterocycles. The first kappa shape index (κ1) is 14.8. The van der Waals surface area contributed by atoms with Crippen LogP contribution in [0.4, 0.5) is 0 Å². The van der Waals surface area contributed by atoms with Crippen molar-refractivity contribution in [2.24, 2.45) is 5.92 Å². The molecular formula is C16H19NO5. The second-order valence-electron chi connectivity index (χ2n) is 5.76. The van der Waals surface area contributed by atoms with Gasteiger partial charge >= 0.3 is 5.97 Å². The molecule has 3 unspecified atom stereocenters. The standard InChI is InChI=1S/C16H19NO5/c1-21-12-7-13(16(19)20)17(8-12)15(18)11-6-10-4-2-3-5-14(10)22-9-11/h2-5,11-13H,6-9H2,1H3,(H,19,20). The van der Waals surface area contributed by atoms with Crippen LogP contribution in [0.15, 0.2) is 24.3 Å². The number of rotatable bonds is 3. The lowest BCUT2D eigenvalue weighted by Crippen LogP contribution is -2.46. The molecule has 0 aromatic heterocycles. The van der Waals surface area contributed by atoms with Gasteiger partial charge in [0.05, 0.1) is 12.0 Å². The maximum absolute atomic E-state index is 12.7. The fourth-order valence-electron chi connectivity index (χ4n) is 3.17. The maximum Gasteiger partial charge on any atom is 0.326 e. The van der Waals surface area contributed by atoms with Crippen LogP contribution in [0.3, 0.4) is 0 Å². The van der Waals surface area contributed by atoms with Crippen molar-refractivity contribution in [3.8, 4) is 5.75 Å². The highest BCUT2D eigenvalue weighted by molar-refractivity contribution is 5.86. The van der Waals surface area contributed by atoms with Crippen LogP contribution >= 0.6 is 0 Å². The first-order valence-electron chi connectivity index (χ1n) is 7.37. The quantitative estimate of drug-likeness (QED) is 0.899. The van der Waals surface area contributed by atoms with Crippen LogP contribution < -0.4 is 4.74 Å². The van der Waals surface area contributed by atoms with Crippen LogP contribution in [0, 0.1) is 5.92 Å². The minimum Gasteiger partial charge on any atom is -0.492 e. The Kier molecular flexibility index (Phi) is 4.02. The molecule has 1 N–H and O–H groups in total. The largest absolute Gasteiger partial charge is 0.492 e. The van der Waals surface area contributed by atoms with E-state index in [1.165, 1.54) is 12.0 Å². The van der Waals surface area contributed by atoms with E-state index in [-0.39, 0.29) is 24.5 Å². The summed E-state index contributed by atoms with van der Waals surface area (Å²) in [4.78, 5) is 25.5. The molecule has 1 fully saturated rings. The lowest BCUT2D eigenvalue weighted by Gasteiger charge is -2.30. The van der Waals surface area contributed by atoms with E-state index in [2.05, 4.69) is 0 Å². The Balaban J connectivity index is 1.75. The highest BCUT2D eigenvalue weighted by atomic mass is 16.5. The minimum atomic E-state index is -0.981. The van der Waals surface area contributed by atoms with E-state index in [9.17, 15) is 14.7 Å². The molecule has 0 bridgehead atoms. The van der Waals surface area contributed by atoms with Crippen molar-refractivity contribution < 1.29 is 24.2 Å². The molecule has 22 heavy (non-hydrogen) atoms. The van der Waals surface area contributed by atoms with E-state index in [0.717, 1.165) is 11.3 Å². The van der Waals surface area contributed by atoms with Crippen molar-refractivity contribution in [2.75, 3.05) is 20.3 Å². The predicted octanol–water partition coefficient (Wildman–Crippen LogP) is 0.938. The van der Waals surface area contributed by atoms with Gasteiger partial charge in [-0.05, 0) is 18.1 Å². The number of carboxylic acids is 1. The number of para-hydroxylation sites is 1. The van der Waals surface area contributed by atoms with Crippen molar-refractivity contribution in [1.82, 2.24) is 4.90 Å². The molecule has 3 atom stereocenters. The topological polar surface area (TPSA) is 76.1 Å². The van der Waals surface area contributed by atoms with Crippen LogP contribution in [0.2, 0.25) is 0 Å². The molecule has 0 saturated carbocycles. The average Bonchev–Trinajstić information content (AvgIpc) is 2.98. The zero-order valence-corrected chi connectivity index (χ0v) is 12.4. The second-order valence-corrected chi connectivity index (χ2v) is 5.76. The van der Waals surface area contributed by atoms with Crippen LogP contribution in [0.1, 0.15) is 12.0 Å². The summed E-state index contributed by atoms with van der Waals surface area (Å²) in [5, 5.41) is 9.32. The summed E-state index contributed by atoms with van der Waals surface area (Å²) in [6.45, 7) is 0.612. The van der Waals surface area contributed by atoms with Crippen molar-refractivity contribution in [2.45, 2.75) is 25.0 Å². The number of hydrogen-bond donors (Lipinski definition) is 1. The van der Waals surface area contributed by atoms with Gasteiger partial charge in [-0.15, -0.1) is 0 Å². The van der Waals surface area contributed by atoms with E-state index in [4.69, 9.17) is 9.47 Å². The summed E-state index contributed by atoms with van der Waals surface area (Å²) in [7, 11) is 1.54. The van der Waals surface area contributed by atoms with E-state index >= 15 is 0 Å². The smallest absolute Gasteiger partial charge is 0.326 e. The molecule has 118 valence electrons. The Bertz CT molecular complexity index is 588. The van der Waals surface area contributed by atoms with E-state index in [0.29, 0.717) is 19.4 Å². The summed E-state index contributed by atoms with van der Waals surface area (Å²) in [5.74, 6) is -0.684. The minimum absolute atomic E-state index is 0.165. The van der Waals surface area contributed by atoms with Gasteiger partial charge in [0.1, 0.15) is 18.4 Å². The Morgan fingerprint density at radius 3 is 2.86 bits per heavy atom. The SMILES string of the molecule is COC1CC(C(=O)O)N(C(=O)C2COc3ccccc3C2)C1. The molecule has 6 heteroatoms. The summed E-state index contributed by atoms with van der Waals surface area (Å²) >= 11 is 0. The number of nitrogens with zero attached hydrogens (tertiary/aromatic N) is 1. The van der Waals surface area contributed by atoms with Crippen molar-refractivity contribution >= 4 is 11.9 Å². The van der Waals surface area contributed by atoms with Crippen molar-refractivity contribution in [1.29, 1.82) is 0 Å². The lowest BCUT2D eigenvalue weighted by atomic mass is 9.95. The molecule has 2 aliphatic heterocycles. The number of hydrogen-bond acceptors (Lipinski definition) is 4. The predicted molar refractivity (Wildman–Crippen MR) is 77.7 cm³/mol. The average molecular weight is 305 g/mol. The first-order valence-corrected chi connectivity index (χ1v) is 7.37. The van der Waals surface area contributed by atoms with Gasteiger partial charge in [-0.2, -0.15) is 0 Å². The summed E-state index contributed by atoms with van der Waals surface area (Å²) in [5.41, 5.74) is 0.987. The molecular weight excluding hydrogens is 286 g/mol. The molecule has 1 aromatic carbocycles. The Labute approximate surface area is 128 Å². The van der Waals surface area contributed by atoms with Gasteiger partial charge in [-0.1, -0.05) is 18.2 Å².